The summed E-state index contributed by atoms with van der Waals surface area (Å²) in [5, 5.41) is 19.6. The number of aromatic nitrogens is 5. The van der Waals surface area contributed by atoms with Crippen LogP contribution in [-0.4, -0.2) is 61.4 Å². The van der Waals surface area contributed by atoms with E-state index in [2.05, 4.69) is 45.5 Å². The van der Waals surface area contributed by atoms with Crippen LogP contribution in [0.15, 0.2) is 30.5 Å². The second kappa shape index (κ2) is 7.39. The summed E-state index contributed by atoms with van der Waals surface area (Å²) < 4.78 is 2.14. The number of nitrogens with zero attached hydrogens (tertiary/aromatic N) is 9. The molecular weight excluding hydrogens is 450 g/mol. The molecule has 2 saturated heterocycles. The van der Waals surface area contributed by atoms with Crippen LogP contribution in [0.4, 0.5) is 11.9 Å². The fourth-order valence-electron chi connectivity index (χ4n) is 5.26. The smallest absolute Gasteiger partial charge is 0.231 e. The summed E-state index contributed by atoms with van der Waals surface area (Å²) in [5.41, 5.74) is 2.67. The molecule has 0 amide bonds. The summed E-state index contributed by atoms with van der Waals surface area (Å²) >= 11 is 6.36. The van der Waals surface area contributed by atoms with Gasteiger partial charge in [-0.2, -0.15) is 5.26 Å². The minimum atomic E-state index is -0.644. The van der Waals surface area contributed by atoms with Crippen LogP contribution in [-0.2, 0) is 13.1 Å². The SMILES string of the molecule is Cc1ccnc(N2CC3(C2)CN(c2nnc4n2-c2ccc(Cl)cc2CN(C(C)(C)C#N)C4)C3)n1. The maximum absolute atomic E-state index is 9.76. The second-order valence-corrected chi connectivity index (χ2v) is 10.7. The monoisotopic (exact) mass is 475 g/mol. The van der Waals surface area contributed by atoms with Gasteiger partial charge in [-0.1, -0.05) is 11.6 Å². The molecule has 2 aromatic heterocycles. The van der Waals surface area contributed by atoms with E-state index in [1.54, 1.807) is 0 Å². The molecule has 6 rings (SSSR count). The van der Waals surface area contributed by atoms with Crippen molar-refractivity contribution in [2.24, 2.45) is 5.41 Å². The standard InChI is InChI=1S/C24H26ClN9/c1-16-6-7-27-21(28-16)31-12-24(13-31)14-32(15-24)22-30-29-20-10-33(23(2,3)11-26)9-17-8-18(25)4-5-19(17)34(20)22/h4-8H,9-10,12-15H2,1-3H3. The van der Waals surface area contributed by atoms with Crippen molar-refractivity contribution in [3.8, 4) is 11.8 Å². The zero-order chi connectivity index (χ0) is 23.7. The number of anilines is 2. The molecule has 0 bridgehead atoms. The first-order chi connectivity index (χ1) is 16.3. The van der Waals surface area contributed by atoms with Gasteiger partial charge in [0.2, 0.25) is 11.9 Å². The Balaban J connectivity index is 1.27. The number of benzene rings is 1. The van der Waals surface area contributed by atoms with Gasteiger partial charge in [0.05, 0.1) is 18.3 Å². The van der Waals surface area contributed by atoms with Gasteiger partial charge in [-0.05, 0) is 50.6 Å². The van der Waals surface area contributed by atoms with E-state index in [4.69, 9.17) is 11.6 Å². The number of aryl methyl sites for hydroxylation is 1. The number of rotatable bonds is 3. The van der Waals surface area contributed by atoms with Crippen LogP contribution in [0.25, 0.3) is 5.69 Å². The molecule has 1 spiro atoms. The van der Waals surface area contributed by atoms with Gasteiger partial charge in [-0.15, -0.1) is 10.2 Å². The molecule has 174 valence electrons. The lowest BCUT2D eigenvalue weighted by Crippen LogP contribution is -2.73. The van der Waals surface area contributed by atoms with Crippen molar-refractivity contribution in [3.63, 3.8) is 0 Å². The largest absolute Gasteiger partial charge is 0.339 e. The van der Waals surface area contributed by atoms with Crippen molar-refractivity contribution in [2.75, 3.05) is 36.0 Å². The Bertz CT molecular complexity index is 1310. The van der Waals surface area contributed by atoms with E-state index in [-0.39, 0.29) is 5.41 Å². The van der Waals surface area contributed by atoms with E-state index in [1.165, 1.54) is 0 Å². The van der Waals surface area contributed by atoms with Crippen LogP contribution in [0.1, 0.15) is 30.9 Å². The average molecular weight is 476 g/mol. The summed E-state index contributed by atoms with van der Waals surface area (Å²) in [6.45, 7) is 10.8. The number of fused-ring (bicyclic) bond motifs is 3. The van der Waals surface area contributed by atoms with Gasteiger partial charge < -0.3 is 9.80 Å². The Labute approximate surface area is 203 Å². The third-order valence-electron chi connectivity index (χ3n) is 7.21. The van der Waals surface area contributed by atoms with Crippen LogP contribution >= 0.6 is 11.6 Å². The summed E-state index contributed by atoms with van der Waals surface area (Å²) in [5.74, 6) is 2.50. The Morgan fingerprint density at radius 2 is 1.82 bits per heavy atom. The van der Waals surface area contributed by atoms with Gasteiger partial charge in [0.15, 0.2) is 5.82 Å². The Kier molecular flexibility index (Phi) is 4.63. The minimum Gasteiger partial charge on any atom is -0.339 e. The first kappa shape index (κ1) is 21.3. The quantitative estimate of drug-likeness (QED) is 0.571. The highest BCUT2D eigenvalue weighted by molar-refractivity contribution is 6.30. The van der Waals surface area contributed by atoms with Crippen LogP contribution in [0.5, 0.6) is 0 Å². The van der Waals surface area contributed by atoms with Gasteiger partial charge in [-0.25, -0.2) is 9.97 Å². The molecule has 0 radical (unpaired) electrons. The predicted molar refractivity (Wildman–Crippen MR) is 129 cm³/mol. The number of hydrogen-bond acceptors (Lipinski definition) is 8. The first-order valence-electron chi connectivity index (χ1n) is 11.5. The fraction of sp³-hybridized carbons (Fsp3) is 0.458. The van der Waals surface area contributed by atoms with Crippen LogP contribution in [0.3, 0.4) is 0 Å². The molecule has 3 aromatic rings. The predicted octanol–water partition coefficient (Wildman–Crippen LogP) is 2.96. The molecule has 0 N–H and O–H groups in total. The molecule has 5 heterocycles. The topological polar surface area (TPSA) is 90.0 Å². The van der Waals surface area contributed by atoms with Gasteiger partial charge in [-0.3, -0.25) is 9.47 Å². The van der Waals surface area contributed by atoms with Gasteiger partial charge in [0, 0.05) is 55.1 Å². The van der Waals surface area contributed by atoms with Crippen molar-refractivity contribution in [1.82, 2.24) is 29.6 Å². The molecule has 0 saturated carbocycles. The Morgan fingerprint density at radius 1 is 1.06 bits per heavy atom. The molecule has 0 unspecified atom stereocenters. The van der Waals surface area contributed by atoms with Crippen LogP contribution < -0.4 is 9.80 Å². The molecule has 3 aliphatic rings. The summed E-state index contributed by atoms with van der Waals surface area (Å²) in [7, 11) is 0. The highest BCUT2D eigenvalue weighted by Crippen LogP contribution is 2.43. The number of hydrogen-bond donors (Lipinski definition) is 0. The van der Waals surface area contributed by atoms with Crippen molar-refractivity contribution in [1.29, 1.82) is 5.26 Å². The van der Waals surface area contributed by atoms with E-state index >= 15 is 0 Å². The molecule has 2 fully saturated rings. The molecule has 10 heteroatoms. The summed E-state index contributed by atoms with van der Waals surface area (Å²) in [6.07, 6.45) is 1.82. The second-order valence-electron chi connectivity index (χ2n) is 10.3. The molecule has 3 aliphatic heterocycles. The lowest BCUT2D eigenvalue weighted by Gasteiger charge is -2.60. The highest BCUT2D eigenvalue weighted by atomic mass is 35.5. The Morgan fingerprint density at radius 3 is 2.56 bits per heavy atom. The summed E-state index contributed by atoms with van der Waals surface area (Å²) in [6, 6.07) is 10.3. The molecular formula is C24H26ClN9. The van der Waals surface area contributed by atoms with E-state index in [0.29, 0.717) is 18.1 Å². The molecule has 0 atom stereocenters. The van der Waals surface area contributed by atoms with Crippen molar-refractivity contribution in [2.45, 2.75) is 39.4 Å². The highest BCUT2D eigenvalue weighted by Gasteiger charge is 2.54. The fourth-order valence-corrected chi connectivity index (χ4v) is 5.45. The lowest BCUT2D eigenvalue weighted by molar-refractivity contribution is 0.147. The molecule has 0 aliphatic carbocycles. The maximum atomic E-state index is 9.76. The van der Waals surface area contributed by atoms with Crippen LogP contribution in [0, 0.1) is 23.7 Å². The third-order valence-corrected chi connectivity index (χ3v) is 7.44. The zero-order valence-electron chi connectivity index (χ0n) is 19.5. The summed E-state index contributed by atoms with van der Waals surface area (Å²) in [4.78, 5) is 15.7. The molecule has 34 heavy (non-hydrogen) atoms. The van der Waals surface area contributed by atoms with E-state index < -0.39 is 5.54 Å². The lowest BCUT2D eigenvalue weighted by atomic mass is 9.73. The van der Waals surface area contributed by atoms with E-state index in [9.17, 15) is 5.26 Å². The first-order valence-corrected chi connectivity index (χ1v) is 11.8. The normalized spacial score (nSPS) is 19.0. The minimum absolute atomic E-state index is 0.238. The molecule has 1 aromatic carbocycles. The van der Waals surface area contributed by atoms with Gasteiger partial charge in [0.1, 0.15) is 5.54 Å². The van der Waals surface area contributed by atoms with Crippen molar-refractivity contribution < 1.29 is 0 Å². The maximum Gasteiger partial charge on any atom is 0.231 e. The third kappa shape index (κ3) is 3.32. The van der Waals surface area contributed by atoms with E-state index in [0.717, 1.165) is 60.8 Å². The van der Waals surface area contributed by atoms with Gasteiger partial charge >= 0.3 is 0 Å². The molecule has 9 nitrogen and oxygen atoms in total. The number of nitriles is 1. The van der Waals surface area contributed by atoms with Gasteiger partial charge in [0.25, 0.3) is 0 Å². The van der Waals surface area contributed by atoms with Crippen LogP contribution in [0.2, 0.25) is 5.02 Å². The van der Waals surface area contributed by atoms with E-state index in [1.807, 2.05) is 51.2 Å². The van der Waals surface area contributed by atoms with Crippen molar-refractivity contribution >= 4 is 23.5 Å². The average Bonchev–Trinajstić information content (AvgIpc) is 3.06. The number of halogens is 1. The Hall–Kier alpha value is -3.22. The zero-order valence-corrected chi connectivity index (χ0v) is 20.3. The van der Waals surface area contributed by atoms with Crippen molar-refractivity contribution in [3.05, 3.63) is 52.6 Å².